The molecule has 8 nitrogen and oxygen atoms in total. The van der Waals surface area contributed by atoms with E-state index < -0.39 is 5.91 Å². The van der Waals surface area contributed by atoms with E-state index in [1.54, 1.807) is 6.20 Å². The third kappa shape index (κ3) is 4.96. The molecule has 1 aliphatic carbocycles. The summed E-state index contributed by atoms with van der Waals surface area (Å²) >= 11 is 4.32. The topological polar surface area (TPSA) is 108 Å². The summed E-state index contributed by atoms with van der Waals surface area (Å²) in [6.45, 7) is 2.71. The lowest BCUT2D eigenvalue weighted by molar-refractivity contribution is 0.0312. The van der Waals surface area contributed by atoms with Crippen LogP contribution in [0.25, 0.3) is 0 Å². The van der Waals surface area contributed by atoms with Gasteiger partial charge in [-0.05, 0) is 69.8 Å². The molecule has 5 N–H and O–H groups in total. The number of hydrogen-bond donors (Lipinski definition) is 5. The van der Waals surface area contributed by atoms with Crippen molar-refractivity contribution < 1.29 is 9.90 Å². The molecular weight excluding hydrogens is 424 g/mol. The van der Waals surface area contributed by atoms with Crippen molar-refractivity contribution in [3.05, 3.63) is 36.0 Å². The fourth-order valence-corrected chi connectivity index (χ4v) is 5.29. The average molecular weight is 459 g/mol. The molecule has 0 atom stereocenters. The van der Waals surface area contributed by atoms with E-state index in [1.807, 2.05) is 36.0 Å². The normalized spacial score (nSPS) is 25.0. The van der Waals surface area contributed by atoms with Crippen molar-refractivity contribution >= 4 is 30.0 Å². The van der Waals surface area contributed by atoms with Gasteiger partial charge in [0.25, 0.3) is 5.91 Å². The number of nitrogens with zero attached hydrogens (tertiary/aromatic N) is 3. The number of nitrogens with one attached hydrogen (secondary N) is 2. The van der Waals surface area contributed by atoms with E-state index in [4.69, 9.17) is 10.8 Å². The van der Waals surface area contributed by atoms with Crippen molar-refractivity contribution in [2.75, 3.05) is 32.0 Å². The number of primary amides is 1. The lowest BCUT2D eigenvalue weighted by atomic mass is 9.78. The predicted octanol–water partition coefficient (Wildman–Crippen LogP) is 2.33. The third-order valence-electron chi connectivity index (χ3n) is 7.00. The Hall–Kier alpha value is -2.07. The maximum absolute atomic E-state index is 12.2. The number of aliphatic hydroxyl groups excluding tert-OH is 1. The number of anilines is 2. The molecule has 0 spiro atoms. The number of hydrogen-bond acceptors (Lipinski definition) is 7. The highest BCUT2D eigenvalue weighted by Crippen LogP contribution is 2.38. The summed E-state index contributed by atoms with van der Waals surface area (Å²) in [5.41, 5.74) is 6.71. The number of likely N-dealkylation sites (N-methyl/N-ethyl adjacent to an activating group) is 1. The van der Waals surface area contributed by atoms with Crippen molar-refractivity contribution in [2.45, 2.75) is 61.1 Å². The molecule has 4 rings (SSSR count). The Balaban J connectivity index is 1.54. The second-order valence-electron chi connectivity index (χ2n) is 9.13. The van der Waals surface area contributed by atoms with Crippen LogP contribution in [-0.4, -0.2) is 64.5 Å². The second kappa shape index (κ2) is 9.82. The van der Waals surface area contributed by atoms with Gasteiger partial charge in [0, 0.05) is 42.5 Å². The number of aromatic nitrogens is 2. The van der Waals surface area contributed by atoms with Gasteiger partial charge in [-0.15, -0.1) is 12.6 Å². The largest absolute Gasteiger partial charge is 0.393 e. The molecule has 2 heterocycles. The molecule has 0 bridgehead atoms. The van der Waals surface area contributed by atoms with Crippen molar-refractivity contribution in [3.63, 3.8) is 0 Å². The zero-order valence-electron chi connectivity index (χ0n) is 18.6. The Morgan fingerprint density at radius 2 is 1.88 bits per heavy atom. The molecule has 1 aromatic carbocycles. The van der Waals surface area contributed by atoms with Gasteiger partial charge in [-0.25, -0.2) is 0 Å². The fraction of sp³-hybridized carbons (Fsp3) is 0.565. The lowest BCUT2D eigenvalue weighted by Crippen LogP contribution is -2.51. The molecule has 2 aromatic rings. The van der Waals surface area contributed by atoms with Gasteiger partial charge in [0.05, 0.1) is 11.6 Å². The second-order valence-corrected chi connectivity index (χ2v) is 9.64. The van der Waals surface area contributed by atoms with Crippen LogP contribution < -0.4 is 16.4 Å². The molecule has 1 aromatic heterocycles. The number of thiol groups is 1. The third-order valence-corrected chi connectivity index (χ3v) is 7.30. The summed E-state index contributed by atoms with van der Waals surface area (Å²) in [5, 5.41) is 21.2. The van der Waals surface area contributed by atoms with Crippen LogP contribution in [0.3, 0.4) is 0 Å². The Morgan fingerprint density at radius 3 is 2.47 bits per heavy atom. The predicted molar refractivity (Wildman–Crippen MR) is 129 cm³/mol. The average Bonchev–Trinajstić information content (AvgIpc) is 3.22. The highest BCUT2D eigenvalue weighted by molar-refractivity contribution is 7.80. The monoisotopic (exact) mass is 458 g/mol. The van der Waals surface area contributed by atoms with E-state index in [0.29, 0.717) is 17.4 Å². The molecule has 2 aliphatic rings. The fourth-order valence-electron chi connectivity index (χ4n) is 5.14. The molecule has 1 amide bonds. The van der Waals surface area contributed by atoms with E-state index >= 15 is 0 Å². The van der Waals surface area contributed by atoms with Crippen molar-refractivity contribution in [2.24, 2.45) is 5.73 Å². The smallest absolute Gasteiger partial charge is 0.254 e. The quantitative estimate of drug-likeness (QED) is 0.408. The number of likely N-dealkylation sites (tertiary alicyclic amines) is 1. The molecule has 2 fully saturated rings. The molecule has 1 saturated heterocycles. The number of nitrogens with two attached hydrogens (primary N) is 1. The minimum Gasteiger partial charge on any atom is -0.393 e. The number of piperidine rings is 1. The van der Waals surface area contributed by atoms with Crippen LogP contribution in [0.2, 0.25) is 0 Å². The Labute approximate surface area is 195 Å². The van der Waals surface area contributed by atoms with Crippen LogP contribution in [0.1, 0.15) is 48.9 Å². The molecule has 0 radical (unpaired) electrons. The van der Waals surface area contributed by atoms with Gasteiger partial charge in [0.15, 0.2) is 5.82 Å². The van der Waals surface area contributed by atoms with Crippen LogP contribution in [0.15, 0.2) is 35.4 Å². The van der Waals surface area contributed by atoms with Crippen molar-refractivity contribution in [1.29, 1.82) is 0 Å². The Kier molecular flexibility index (Phi) is 7.09. The van der Waals surface area contributed by atoms with Gasteiger partial charge in [-0.2, -0.15) is 5.10 Å². The summed E-state index contributed by atoms with van der Waals surface area (Å²) in [4.78, 5) is 15.6. The minimum absolute atomic E-state index is 0.149. The summed E-state index contributed by atoms with van der Waals surface area (Å²) < 4.78 is 1.95. The number of benzene rings is 1. The summed E-state index contributed by atoms with van der Waals surface area (Å²) in [6, 6.07) is 8.11. The minimum atomic E-state index is -0.496. The molecule has 1 saturated carbocycles. The standard InChI is InChI=1S/C23H34N6O2S/c1-25-15-23(10-6-17(7-11-23)28-12-8-18(30)9-13-28)29-14-20(21(24)31)22(27-29)26-16-2-4-19(32)5-3-16/h2-5,14,17-18,25,30,32H,6-13,15H2,1H3,(H2,24,31)(H,26,27). The summed E-state index contributed by atoms with van der Waals surface area (Å²) in [6.07, 6.45) is 7.43. The highest BCUT2D eigenvalue weighted by Gasteiger charge is 2.40. The van der Waals surface area contributed by atoms with E-state index in [-0.39, 0.29) is 11.6 Å². The van der Waals surface area contributed by atoms with E-state index in [1.165, 1.54) is 0 Å². The summed E-state index contributed by atoms with van der Waals surface area (Å²) in [5.74, 6) is -0.0169. The maximum atomic E-state index is 12.2. The first-order chi connectivity index (χ1) is 15.4. The zero-order valence-corrected chi connectivity index (χ0v) is 19.5. The van der Waals surface area contributed by atoms with E-state index in [9.17, 15) is 9.90 Å². The number of amides is 1. The number of carbonyl (C=O) groups excluding carboxylic acids is 1. The van der Waals surface area contributed by atoms with Gasteiger partial charge in [-0.1, -0.05) is 0 Å². The van der Waals surface area contributed by atoms with Crippen LogP contribution in [0.4, 0.5) is 11.5 Å². The van der Waals surface area contributed by atoms with Gasteiger partial charge >= 0.3 is 0 Å². The number of rotatable bonds is 7. The summed E-state index contributed by atoms with van der Waals surface area (Å²) in [7, 11) is 1.95. The van der Waals surface area contributed by atoms with E-state index in [0.717, 1.165) is 68.7 Å². The molecule has 1 aliphatic heterocycles. The molecule has 32 heavy (non-hydrogen) atoms. The first-order valence-corrected chi connectivity index (χ1v) is 11.9. The number of carbonyl (C=O) groups is 1. The Morgan fingerprint density at radius 1 is 1.22 bits per heavy atom. The Bertz CT molecular complexity index is 915. The number of aliphatic hydroxyl groups is 1. The van der Waals surface area contributed by atoms with Crippen LogP contribution in [-0.2, 0) is 5.54 Å². The van der Waals surface area contributed by atoms with Gasteiger partial charge in [0.2, 0.25) is 0 Å². The van der Waals surface area contributed by atoms with Gasteiger partial charge < -0.3 is 26.4 Å². The van der Waals surface area contributed by atoms with Crippen LogP contribution in [0, 0.1) is 0 Å². The van der Waals surface area contributed by atoms with Gasteiger partial charge in [-0.3, -0.25) is 9.48 Å². The van der Waals surface area contributed by atoms with Crippen LogP contribution in [0.5, 0.6) is 0 Å². The molecular formula is C23H34N6O2S. The molecule has 174 valence electrons. The molecule has 0 unspecified atom stereocenters. The molecule has 9 heteroatoms. The first kappa shape index (κ1) is 23.1. The van der Waals surface area contributed by atoms with Crippen molar-refractivity contribution in [1.82, 2.24) is 20.0 Å². The lowest BCUT2D eigenvalue weighted by Gasteiger charge is -2.45. The first-order valence-electron chi connectivity index (χ1n) is 11.4. The maximum Gasteiger partial charge on any atom is 0.254 e. The highest BCUT2D eigenvalue weighted by atomic mass is 32.1. The van der Waals surface area contributed by atoms with Crippen LogP contribution >= 0.6 is 12.6 Å². The van der Waals surface area contributed by atoms with Crippen molar-refractivity contribution in [3.8, 4) is 0 Å². The van der Waals surface area contributed by atoms with E-state index in [2.05, 4.69) is 28.2 Å². The van der Waals surface area contributed by atoms with Gasteiger partial charge in [0.1, 0.15) is 5.56 Å². The zero-order chi connectivity index (χ0) is 22.7. The SMILES string of the molecule is CNCC1(n2cc(C(N)=O)c(Nc3ccc(S)cc3)n2)CCC(N2CCC(O)CC2)CC1.